The Kier molecular flexibility index (Phi) is 28.3. The van der Waals surface area contributed by atoms with Gasteiger partial charge in [-0.1, -0.05) is 54.6 Å². The number of carbonyl (C=O) groups excluding carboxylic acids is 9. The van der Waals surface area contributed by atoms with Crippen LogP contribution in [0.3, 0.4) is 0 Å². The topological polar surface area (TPSA) is 607 Å². The van der Waals surface area contributed by atoms with Gasteiger partial charge in [-0.25, -0.2) is 0 Å². The predicted octanol–water partition coefficient (Wildman–Crippen LogP) is -3.90. The zero-order chi connectivity index (χ0) is 70.7. The number of amides is 9. The Hall–Kier alpha value is -11.4. The van der Waals surface area contributed by atoms with Crippen LogP contribution in [-0.4, -0.2) is 173 Å². The van der Waals surface area contributed by atoms with E-state index < -0.39 is 108 Å². The minimum absolute atomic E-state index is 0.0247. The summed E-state index contributed by atoms with van der Waals surface area (Å²) in [7, 11) is 0. The van der Waals surface area contributed by atoms with E-state index >= 15 is 0 Å². The number of nitrogens with one attached hydrogen (secondary N) is 11. The van der Waals surface area contributed by atoms with Crippen molar-refractivity contribution < 1.29 is 43.2 Å². The Bertz CT molecular complexity index is 3820. The Morgan fingerprint density at radius 1 is 0.351 bits per heavy atom. The van der Waals surface area contributed by atoms with Crippen LogP contribution in [-0.2, 0) is 62.4 Å². The molecule has 0 aliphatic rings. The van der Waals surface area contributed by atoms with Crippen LogP contribution in [0, 0.1) is 0 Å². The lowest BCUT2D eigenvalue weighted by Crippen LogP contribution is -2.60. The second-order valence-electron chi connectivity index (χ2n) is 23.3. The number of nitrogens with two attached hydrogens (primary N) is 10. The maximum absolute atomic E-state index is 14.9. The fourth-order valence-electron chi connectivity index (χ4n) is 10.6. The molecule has 3 heterocycles. The molecule has 34 heteroatoms. The molecular weight excluding hydrogens is 1250 g/mol. The maximum atomic E-state index is 14.9. The average Bonchev–Trinajstić information content (AvgIpc) is 1.77. The third kappa shape index (κ3) is 23.5. The van der Waals surface area contributed by atoms with Gasteiger partial charge in [0, 0.05) is 96.7 Å². The third-order valence-electron chi connectivity index (χ3n) is 15.8. The molecule has 9 atom stereocenters. The summed E-state index contributed by atoms with van der Waals surface area (Å²) in [5, 5.41) is 23.8. The minimum Gasteiger partial charge on any atom is -0.370 e. The van der Waals surface area contributed by atoms with Crippen molar-refractivity contribution in [2.75, 3.05) is 26.2 Å². The summed E-state index contributed by atoms with van der Waals surface area (Å²) in [5.41, 5.74) is 60.2. The number of H-pyrrole nitrogens is 3. The zero-order valence-electron chi connectivity index (χ0n) is 54.2. The Morgan fingerprint density at radius 3 is 0.979 bits per heavy atom. The van der Waals surface area contributed by atoms with Gasteiger partial charge >= 0.3 is 0 Å². The molecule has 0 radical (unpaired) electrons. The van der Waals surface area contributed by atoms with Crippen LogP contribution < -0.4 is 99.9 Å². The van der Waals surface area contributed by atoms with Gasteiger partial charge in [0.2, 0.25) is 53.2 Å². The van der Waals surface area contributed by atoms with Gasteiger partial charge in [0.25, 0.3) is 0 Å². The van der Waals surface area contributed by atoms with Gasteiger partial charge < -0.3 is 115 Å². The van der Waals surface area contributed by atoms with Crippen molar-refractivity contribution in [1.29, 1.82) is 0 Å². The molecule has 0 unspecified atom stereocenters. The number of fused-ring (bicyclic) bond motifs is 3. The first kappa shape index (κ1) is 74.6. The number of aliphatic imine (C=N–C) groups is 4. The fraction of sp³-hybridized carbons (Fsp3) is 0.413. The van der Waals surface area contributed by atoms with E-state index in [1.54, 1.807) is 36.8 Å². The number of hydrogen-bond acceptors (Lipinski definition) is 14. The highest BCUT2D eigenvalue weighted by Gasteiger charge is 2.35. The average molecular weight is 1340 g/mol. The van der Waals surface area contributed by atoms with Gasteiger partial charge in [0.1, 0.15) is 48.3 Å². The maximum Gasteiger partial charge on any atom is 0.243 e. The minimum atomic E-state index is -1.41. The van der Waals surface area contributed by atoms with Crippen LogP contribution in [0.25, 0.3) is 32.7 Å². The fourth-order valence-corrected chi connectivity index (χ4v) is 10.6. The second kappa shape index (κ2) is 36.9. The first-order chi connectivity index (χ1) is 46.3. The SMILES string of the molecule is C[C@H](NC(=O)[C@H](C)NC(=O)[C@H](CCCN=C(N)N)NC(=O)[C@H](Cc1c[nH]c2ccccc12)NC(=O)[C@H](Cc1c[nH]c2ccccc12)NC(=O)[C@@H](N)CCCN=C(N)N)C(=O)N[C@@H](Cc1c[nH]c2ccccc12)C(=O)N[C@@H](CCCN=C(N)N)C(=O)N[C@@H](CCCN=C(N)N)C(N)=O. The van der Waals surface area contributed by atoms with Crippen LogP contribution in [0.4, 0.5) is 0 Å². The number of aromatic nitrogens is 3. The molecule has 97 heavy (non-hydrogen) atoms. The van der Waals surface area contributed by atoms with Crippen LogP contribution in [0.2, 0.25) is 0 Å². The number of rotatable bonds is 39. The van der Waals surface area contributed by atoms with Gasteiger partial charge in [0.05, 0.1) is 6.04 Å². The summed E-state index contributed by atoms with van der Waals surface area (Å²) in [6.45, 7) is 3.11. The number of nitrogens with zero attached hydrogens (tertiary/aromatic N) is 4. The molecule has 522 valence electrons. The van der Waals surface area contributed by atoms with Crippen molar-refractivity contribution in [2.45, 2.75) is 139 Å². The Labute approximate surface area is 558 Å². The monoisotopic (exact) mass is 1340 g/mol. The van der Waals surface area contributed by atoms with E-state index in [0.717, 1.165) is 32.7 Å². The molecule has 0 spiro atoms. The quantitative estimate of drug-likeness (QED) is 0.00997. The molecule has 3 aromatic heterocycles. The van der Waals surface area contributed by atoms with Gasteiger partial charge in [-0.2, -0.15) is 0 Å². The van der Waals surface area contributed by atoms with Crippen molar-refractivity contribution >= 4 is 110 Å². The molecule has 3 aromatic carbocycles. The number of primary amides is 1. The lowest BCUT2D eigenvalue weighted by molar-refractivity contribution is -0.135. The van der Waals surface area contributed by atoms with Crippen molar-refractivity contribution in [3.05, 3.63) is 108 Å². The number of para-hydroxylation sites is 3. The summed E-state index contributed by atoms with van der Waals surface area (Å²) in [6, 6.07) is 10.00. The first-order valence-corrected chi connectivity index (χ1v) is 31.6. The number of benzene rings is 3. The predicted molar refractivity (Wildman–Crippen MR) is 370 cm³/mol. The van der Waals surface area contributed by atoms with E-state index in [4.69, 9.17) is 57.3 Å². The normalized spacial score (nSPS) is 13.9. The molecule has 34 nitrogen and oxygen atoms in total. The molecule has 0 fully saturated rings. The van der Waals surface area contributed by atoms with Crippen molar-refractivity contribution in [3.8, 4) is 0 Å². The molecule has 6 rings (SSSR count). The summed E-state index contributed by atoms with van der Waals surface area (Å²) < 4.78 is 0. The lowest BCUT2D eigenvalue weighted by atomic mass is 10.0. The van der Waals surface area contributed by atoms with E-state index in [1.165, 1.54) is 13.8 Å². The van der Waals surface area contributed by atoms with Gasteiger partial charge in [0.15, 0.2) is 23.8 Å². The van der Waals surface area contributed by atoms with Crippen LogP contribution in [0.1, 0.15) is 81.9 Å². The molecular formula is C63H91N25O9. The second-order valence-corrected chi connectivity index (χ2v) is 23.3. The summed E-state index contributed by atoms with van der Waals surface area (Å²) >= 11 is 0. The van der Waals surface area contributed by atoms with Crippen LogP contribution in [0.15, 0.2) is 111 Å². The molecule has 6 aromatic rings. The van der Waals surface area contributed by atoms with E-state index in [2.05, 4.69) is 77.5 Å². The zero-order valence-corrected chi connectivity index (χ0v) is 54.2. The lowest BCUT2D eigenvalue weighted by Gasteiger charge is -2.27. The summed E-state index contributed by atoms with van der Waals surface area (Å²) in [4.78, 5) is 153. The number of carbonyl (C=O) groups is 9. The Balaban J connectivity index is 1.21. The van der Waals surface area contributed by atoms with Crippen LogP contribution >= 0.6 is 0 Å². The largest absolute Gasteiger partial charge is 0.370 e. The molecule has 0 aliphatic heterocycles. The number of aromatic amines is 3. The third-order valence-corrected chi connectivity index (χ3v) is 15.8. The standard InChI is InChI=1S/C63H91N25O9/c1-33(52(90)81-34(2)53(91)86-48(27-35-30-78-42-17-6-3-13-38(35)42)57(95)85-47(22-12-26-77-63(72)73)56(94)83-45(51(65)89)20-10-24-75-61(68)69)82-55(93)46(21-11-25-76-62(70)71)84-58(96)50(29-37-32-80-44-19-8-5-15-40(37)44)88-59(97)49(28-36-31-79-43-18-7-4-14-39(36)43)87-54(92)41(64)16-9-23-74-60(66)67/h3-8,13-15,17-19,30-34,41,45-50,78-80H,9-12,16,20-29,64H2,1-2H3,(H2,65,89)(H,81,90)(H,82,93)(H,83,94)(H,84,96)(H,85,95)(H,86,91)(H,87,92)(H,88,97)(H4,66,67,74)(H4,68,69,75)(H4,70,71,76)(H4,72,73,77)/t33-,34-,41-,45-,46-,47-,48-,49-,50-/m0/s1. The van der Waals surface area contributed by atoms with E-state index in [9.17, 15) is 43.2 Å². The first-order valence-electron chi connectivity index (χ1n) is 31.6. The van der Waals surface area contributed by atoms with Crippen LogP contribution in [0.5, 0.6) is 0 Å². The summed E-state index contributed by atoms with van der Waals surface area (Å²) in [5.74, 6) is -8.02. The molecule has 0 saturated carbocycles. The smallest absolute Gasteiger partial charge is 0.243 e. The highest BCUT2D eigenvalue weighted by atomic mass is 16.2. The van der Waals surface area contributed by atoms with Crippen molar-refractivity contribution in [2.24, 2.45) is 77.3 Å². The van der Waals surface area contributed by atoms with E-state index in [-0.39, 0.29) is 114 Å². The van der Waals surface area contributed by atoms with Gasteiger partial charge in [-0.3, -0.25) is 63.1 Å². The molecule has 0 bridgehead atoms. The van der Waals surface area contributed by atoms with Gasteiger partial charge in [-0.05, 0) is 100 Å². The molecule has 0 aliphatic carbocycles. The van der Waals surface area contributed by atoms with Gasteiger partial charge in [-0.15, -0.1) is 0 Å². The van der Waals surface area contributed by atoms with Crippen molar-refractivity contribution in [1.82, 2.24) is 57.5 Å². The van der Waals surface area contributed by atoms with Crippen molar-refractivity contribution in [3.63, 3.8) is 0 Å². The molecule has 9 amide bonds. The summed E-state index contributed by atoms with van der Waals surface area (Å²) in [6.07, 6.45) is 5.75. The Morgan fingerprint density at radius 2 is 0.619 bits per heavy atom. The molecule has 31 N–H and O–H groups in total. The molecule has 0 saturated heterocycles. The number of hydrogen-bond donors (Lipinski definition) is 21. The highest BCUT2D eigenvalue weighted by molar-refractivity contribution is 5.99. The highest BCUT2D eigenvalue weighted by Crippen LogP contribution is 2.23. The van der Waals surface area contributed by atoms with E-state index in [1.807, 2.05) is 54.6 Å². The number of guanidine groups is 4. The van der Waals surface area contributed by atoms with E-state index in [0.29, 0.717) is 23.1 Å².